The lowest BCUT2D eigenvalue weighted by Crippen LogP contribution is -2.48. The molecule has 0 aliphatic heterocycles. The van der Waals surface area contributed by atoms with Crippen LogP contribution in [0.1, 0.15) is 13.8 Å². The van der Waals surface area contributed by atoms with Crippen LogP contribution in [-0.2, 0) is 10.0 Å². The molecule has 0 saturated heterocycles. The van der Waals surface area contributed by atoms with Crippen molar-refractivity contribution < 1.29 is 8.42 Å². The van der Waals surface area contributed by atoms with E-state index >= 15 is 0 Å². The second-order valence-electron chi connectivity index (χ2n) is 4.27. The van der Waals surface area contributed by atoms with Crippen molar-refractivity contribution in [2.75, 3.05) is 6.54 Å². The third-order valence-electron chi connectivity index (χ3n) is 2.12. The maximum atomic E-state index is 12.0. The Labute approximate surface area is 115 Å². The first kappa shape index (κ1) is 14.9. The van der Waals surface area contributed by atoms with Crippen LogP contribution in [-0.4, -0.2) is 20.5 Å². The summed E-state index contributed by atoms with van der Waals surface area (Å²) in [5.41, 5.74) is 4.80. The molecule has 0 bridgehead atoms. The van der Waals surface area contributed by atoms with Crippen LogP contribution in [0.25, 0.3) is 0 Å². The summed E-state index contributed by atoms with van der Waals surface area (Å²) < 4.78 is 27.1. The highest BCUT2D eigenvalue weighted by molar-refractivity contribution is 9.10. The Hall–Kier alpha value is -0.140. The van der Waals surface area contributed by atoms with Gasteiger partial charge < -0.3 is 5.73 Å². The van der Waals surface area contributed by atoms with Crippen LogP contribution in [0.5, 0.6) is 0 Å². The fourth-order valence-electron chi connectivity index (χ4n) is 1.11. The van der Waals surface area contributed by atoms with Crippen LogP contribution in [0.2, 0.25) is 5.02 Å². The third kappa shape index (κ3) is 3.93. The van der Waals surface area contributed by atoms with Crippen LogP contribution < -0.4 is 10.5 Å². The second kappa shape index (κ2) is 5.24. The largest absolute Gasteiger partial charge is 0.329 e. The molecule has 1 rings (SSSR count). The predicted molar refractivity (Wildman–Crippen MR) is 72.6 cm³/mol. The number of benzene rings is 1. The molecule has 0 aromatic heterocycles. The van der Waals surface area contributed by atoms with Gasteiger partial charge in [0.15, 0.2) is 0 Å². The number of sulfonamides is 1. The van der Waals surface area contributed by atoms with Crippen molar-refractivity contribution in [2.24, 2.45) is 5.73 Å². The molecule has 1 aromatic carbocycles. The van der Waals surface area contributed by atoms with Crippen molar-refractivity contribution in [2.45, 2.75) is 24.3 Å². The molecule has 0 amide bonds. The molecule has 0 unspecified atom stereocenters. The number of nitrogens with two attached hydrogens (primary N) is 1. The third-order valence-corrected chi connectivity index (χ3v) is 5.03. The molecule has 0 aliphatic carbocycles. The molecule has 1 aromatic rings. The summed E-state index contributed by atoms with van der Waals surface area (Å²) in [5.74, 6) is 0. The number of nitrogens with one attached hydrogen (secondary N) is 1. The Balaban J connectivity index is 3.10. The van der Waals surface area contributed by atoms with Gasteiger partial charge in [0.05, 0.1) is 9.92 Å². The van der Waals surface area contributed by atoms with Crippen LogP contribution in [0.4, 0.5) is 0 Å². The first-order valence-electron chi connectivity index (χ1n) is 4.87. The van der Waals surface area contributed by atoms with Crippen molar-refractivity contribution in [3.05, 3.63) is 27.7 Å². The number of hydrogen-bond donors (Lipinski definition) is 2. The van der Waals surface area contributed by atoms with Crippen molar-refractivity contribution >= 4 is 37.6 Å². The Bertz CT molecular complexity index is 517. The Morgan fingerprint density at radius 1 is 1.47 bits per heavy atom. The molecule has 0 radical (unpaired) electrons. The highest BCUT2D eigenvalue weighted by atomic mass is 79.9. The Morgan fingerprint density at radius 3 is 2.53 bits per heavy atom. The predicted octanol–water partition coefficient (Wildman–Crippen LogP) is 2.12. The molecule has 7 heteroatoms. The van der Waals surface area contributed by atoms with Crippen LogP contribution in [0, 0.1) is 0 Å². The molecule has 0 saturated carbocycles. The fraction of sp³-hybridized carbons (Fsp3) is 0.400. The van der Waals surface area contributed by atoms with Gasteiger partial charge in [0.2, 0.25) is 10.0 Å². The van der Waals surface area contributed by atoms with E-state index in [9.17, 15) is 8.42 Å². The number of halogens is 2. The highest BCUT2D eigenvalue weighted by Gasteiger charge is 2.25. The maximum absolute atomic E-state index is 12.0. The highest BCUT2D eigenvalue weighted by Crippen LogP contribution is 2.25. The summed E-state index contributed by atoms with van der Waals surface area (Å²) in [7, 11) is -3.59. The van der Waals surface area contributed by atoms with Crippen molar-refractivity contribution in [3.8, 4) is 0 Å². The molecule has 96 valence electrons. The zero-order valence-electron chi connectivity index (χ0n) is 9.50. The molecular formula is C10H14BrClN2O2S. The smallest absolute Gasteiger partial charge is 0.241 e. The summed E-state index contributed by atoms with van der Waals surface area (Å²) in [6.45, 7) is 3.64. The van der Waals surface area contributed by atoms with E-state index in [1.165, 1.54) is 18.2 Å². The Morgan fingerprint density at radius 2 is 2.06 bits per heavy atom. The van der Waals surface area contributed by atoms with Gasteiger partial charge in [0, 0.05) is 16.6 Å². The summed E-state index contributed by atoms with van der Waals surface area (Å²) in [6, 6.07) is 4.43. The van der Waals surface area contributed by atoms with E-state index in [-0.39, 0.29) is 11.4 Å². The van der Waals surface area contributed by atoms with E-state index in [1.54, 1.807) is 13.8 Å². The lowest BCUT2D eigenvalue weighted by molar-refractivity contribution is 0.462. The van der Waals surface area contributed by atoms with Gasteiger partial charge >= 0.3 is 0 Å². The average molecular weight is 342 g/mol. The average Bonchev–Trinajstić information content (AvgIpc) is 2.20. The fourth-order valence-corrected chi connectivity index (χ4v) is 3.21. The molecule has 0 spiro atoms. The lowest BCUT2D eigenvalue weighted by Gasteiger charge is -2.23. The van der Waals surface area contributed by atoms with Crippen LogP contribution >= 0.6 is 27.5 Å². The van der Waals surface area contributed by atoms with Crippen molar-refractivity contribution in [3.63, 3.8) is 0 Å². The van der Waals surface area contributed by atoms with E-state index < -0.39 is 15.6 Å². The summed E-state index contributed by atoms with van der Waals surface area (Å²) >= 11 is 9.00. The van der Waals surface area contributed by atoms with Gasteiger partial charge in [-0.05, 0) is 48.0 Å². The number of hydrogen-bond acceptors (Lipinski definition) is 3. The topological polar surface area (TPSA) is 72.2 Å². The SMILES string of the molecule is CC(C)(CN)NS(=O)(=O)c1ccc(Cl)c(Br)c1. The quantitative estimate of drug-likeness (QED) is 0.881. The monoisotopic (exact) mass is 340 g/mol. The van der Waals surface area contributed by atoms with Crippen LogP contribution in [0.15, 0.2) is 27.6 Å². The minimum atomic E-state index is -3.59. The van der Waals surface area contributed by atoms with Gasteiger partial charge in [-0.1, -0.05) is 11.6 Å². The van der Waals surface area contributed by atoms with Crippen molar-refractivity contribution in [1.82, 2.24) is 4.72 Å². The van der Waals surface area contributed by atoms with Crippen molar-refractivity contribution in [1.29, 1.82) is 0 Å². The van der Waals surface area contributed by atoms with Gasteiger partial charge in [-0.2, -0.15) is 0 Å². The number of rotatable bonds is 4. The molecule has 0 heterocycles. The summed E-state index contributed by atoms with van der Waals surface area (Å²) in [6.07, 6.45) is 0. The van der Waals surface area contributed by atoms with E-state index in [2.05, 4.69) is 20.7 Å². The molecule has 3 N–H and O–H groups in total. The Kier molecular flexibility index (Phi) is 4.60. The van der Waals surface area contributed by atoms with Gasteiger partial charge in [0.25, 0.3) is 0 Å². The molecule has 4 nitrogen and oxygen atoms in total. The standard InChI is InChI=1S/C10H14BrClN2O2S/c1-10(2,6-13)14-17(15,16)7-3-4-9(12)8(11)5-7/h3-5,14H,6,13H2,1-2H3. The van der Waals surface area contributed by atoms with Gasteiger partial charge in [0.1, 0.15) is 0 Å². The van der Waals surface area contributed by atoms with E-state index in [1.807, 2.05) is 0 Å². The zero-order valence-corrected chi connectivity index (χ0v) is 12.7. The second-order valence-corrected chi connectivity index (χ2v) is 7.21. The molecule has 0 fully saturated rings. The maximum Gasteiger partial charge on any atom is 0.241 e. The first-order chi connectivity index (χ1) is 7.68. The van der Waals surface area contributed by atoms with E-state index in [4.69, 9.17) is 17.3 Å². The lowest BCUT2D eigenvalue weighted by atomic mass is 10.1. The molecule has 17 heavy (non-hydrogen) atoms. The summed E-state index contributed by atoms with van der Waals surface area (Å²) in [5, 5.41) is 0.460. The molecule has 0 atom stereocenters. The minimum absolute atomic E-state index is 0.148. The van der Waals surface area contributed by atoms with Crippen LogP contribution in [0.3, 0.4) is 0 Å². The normalized spacial score (nSPS) is 12.8. The molecular weight excluding hydrogens is 328 g/mol. The first-order valence-corrected chi connectivity index (χ1v) is 7.52. The van der Waals surface area contributed by atoms with Gasteiger partial charge in [-0.15, -0.1) is 0 Å². The zero-order chi connectivity index (χ0) is 13.3. The summed E-state index contributed by atoms with van der Waals surface area (Å²) in [4.78, 5) is 0.148. The minimum Gasteiger partial charge on any atom is -0.329 e. The van der Waals surface area contributed by atoms with E-state index in [0.717, 1.165) is 0 Å². The molecule has 0 aliphatic rings. The van der Waals surface area contributed by atoms with Gasteiger partial charge in [-0.3, -0.25) is 0 Å². The van der Waals surface area contributed by atoms with E-state index in [0.29, 0.717) is 9.50 Å². The van der Waals surface area contributed by atoms with Gasteiger partial charge in [-0.25, -0.2) is 13.1 Å².